The smallest absolute Gasteiger partial charge is 0.126 e. The summed E-state index contributed by atoms with van der Waals surface area (Å²) in [6, 6.07) is 9.76. The Kier molecular flexibility index (Phi) is 9.13. The van der Waals surface area contributed by atoms with Crippen LogP contribution in [-0.2, 0) is 0 Å². The number of ether oxygens (including phenoxy) is 1. The van der Waals surface area contributed by atoms with Gasteiger partial charge in [-0.2, -0.15) is 0 Å². The number of para-hydroxylation sites is 1. The lowest BCUT2D eigenvalue weighted by Crippen LogP contribution is -1.78. The quantitative estimate of drug-likeness (QED) is 0.314. The summed E-state index contributed by atoms with van der Waals surface area (Å²) in [6.45, 7) is 2.24. The molecule has 0 unspecified atom stereocenters. The summed E-state index contributed by atoms with van der Waals surface area (Å²) in [5.41, 5.74) is 0. The van der Waals surface area contributed by atoms with E-state index in [4.69, 9.17) is 4.74 Å². The van der Waals surface area contributed by atoms with E-state index in [1.165, 1.54) is 32.1 Å². The standard InChI is InChI=1S/C18H24O/c1-2-3-4-5-6-7-8-9-10-14-17-19-18-15-12-11-13-16-18/h7-17H,2-6H2,1H3. The average Bonchev–Trinajstić information content (AvgIpc) is 2.46. The van der Waals surface area contributed by atoms with Crippen LogP contribution in [0.15, 0.2) is 67.0 Å². The van der Waals surface area contributed by atoms with Crippen LogP contribution in [0, 0.1) is 0 Å². The molecule has 19 heavy (non-hydrogen) atoms. The number of allylic oxidation sites excluding steroid dienone is 5. The van der Waals surface area contributed by atoms with Gasteiger partial charge in [-0.3, -0.25) is 0 Å². The molecule has 0 fully saturated rings. The Balaban J connectivity index is 2.08. The Labute approximate surface area is 117 Å². The van der Waals surface area contributed by atoms with Crippen molar-refractivity contribution in [2.45, 2.75) is 39.0 Å². The van der Waals surface area contributed by atoms with Crippen molar-refractivity contribution < 1.29 is 4.74 Å². The van der Waals surface area contributed by atoms with E-state index < -0.39 is 0 Å². The maximum Gasteiger partial charge on any atom is 0.126 e. The van der Waals surface area contributed by atoms with Crippen molar-refractivity contribution in [3.8, 4) is 5.75 Å². The first-order valence-electron chi connectivity index (χ1n) is 7.13. The predicted octanol–water partition coefficient (Wildman–Crippen LogP) is 5.66. The van der Waals surface area contributed by atoms with Crippen LogP contribution in [0.5, 0.6) is 5.75 Å². The van der Waals surface area contributed by atoms with Crippen LogP contribution < -0.4 is 4.74 Å². The molecule has 0 bridgehead atoms. The van der Waals surface area contributed by atoms with Crippen LogP contribution in [-0.4, -0.2) is 0 Å². The Morgan fingerprint density at radius 1 is 0.895 bits per heavy atom. The fourth-order valence-electron chi connectivity index (χ4n) is 1.65. The summed E-state index contributed by atoms with van der Waals surface area (Å²) in [5.74, 6) is 0.860. The van der Waals surface area contributed by atoms with Gasteiger partial charge in [0.2, 0.25) is 0 Å². The Morgan fingerprint density at radius 3 is 2.47 bits per heavy atom. The van der Waals surface area contributed by atoms with Crippen LogP contribution in [0.4, 0.5) is 0 Å². The molecule has 1 rings (SSSR count). The monoisotopic (exact) mass is 256 g/mol. The van der Waals surface area contributed by atoms with E-state index in [0.717, 1.165) is 5.75 Å². The van der Waals surface area contributed by atoms with Crippen LogP contribution in [0.1, 0.15) is 39.0 Å². The molecule has 0 saturated heterocycles. The van der Waals surface area contributed by atoms with E-state index in [9.17, 15) is 0 Å². The molecule has 102 valence electrons. The van der Waals surface area contributed by atoms with Crippen molar-refractivity contribution >= 4 is 0 Å². The summed E-state index contributed by atoms with van der Waals surface area (Å²) >= 11 is 0. The van der Waals surface area contributed by atoms with Gasteiger partial charge in [0.15, 0.2) is 0 Å². The van der Waals surface area contributed by atoms with Crippen LogP contribution in [0.3, 0.4) is 0 Å². The molecule has 0 aromatic heterocycles. The normalized spacial score (nSPS) is 11.8. The lowest BCUT2D eigenvalue weighted by Gasteiger charge is -1.96. The molecule has 0 aliphatic rings. The second-order valence-corrected chi connectivity index (χ2v) is 4.42. The molecule has 0 atom stereocenters. The molecular weight excluding hydrogens is 232 g/mol. The van der Waals surface area contributed by atoms with E-state index in [1.807, 2.05) is 48.6 Å². The van der Waals surface area contributed by atoms with E-state index in [0.29, 0.717) is 0 Å². The van der Waals surface area contributed by atoms with E-state index in [2.05, 4.69) is 19.1 Å². The minimum Gasteiger partial charge on any atom is -0.465 e. The molecule has 1 nitrogen and oxygen atoms in total. The molecule has 1 heteroatoms. The van der Waals surface area contributed by atoms with E-state index in [-0.39, 0.29) is 0 Å². The minimum absolute atomic E-state index is 0.860. The molecule has 1 aromatic rings. The van der Waals surface area contributed by atoms with Crippen molar-refractivity contribution in [1.82, 2.24) is 0 Å². The van der Waals surface area contributed by atoms with Crippen molar-refractivity contribution in [2.75, 3.05) is 0 Å². The number of hydrogen-bond donors (Lipinski definition) is 0. The third-order valence-corrected chi connectivity index (χ3v) is 2.72. The maximum absolute atomic E-state index is 5.42. The largest absolute Gasteiger partial charge is 0.465 e. The fraction of sp³-hybridized carbons (Fsp3) is 0.333. The molecule has 0 saturated carbocycles. The van der Waals surface area contributed by atoms with Gasteiger partial charge in [-0.15, -0.1) is 0 Å². The molecule has 0 radical (unpaired) electrons. The third kappa shape index (κ3) is 8.90. The highest BCUT2D eigenvalue weighted by Crippen LogP contribution is 2.08. The second-order valence-electron chi connectivity index (χ2n) is 4.42. The number of unbranched alkanes of at least 4 members (excludes halogenated alkanes) is 4. The van der Waals surface area contributed by atoms with Gasteiger partial charge < -0.3 is 4.74 Å². The zero-order chi connectivity index (χ0) is 13.6. The van der Waals surface area contributed by atoms with Gasteiger partial charge in [-0.25, -0.2) is 0 Å². The van der Waals surface area contributed by atoms with Crippen LogP contribution >= 0.6 is 0 Å². The van der Waals surface area contributed by atoms with Gasteiger partial charge in [-0.1, -0.05) is 68.7 Å². The van der Waals surface area contributed by atoms with Crippen molar-refractivity contribution in [3.63, 3.8) is 0 Å². The summed E-state index contributed by atoms with van der Waals surface area (Å²) in [5, 5.41) is 0. The number of benzene rings is 1. The van der Waals surface area contributed by atoms with Gasteiger partial charge >= 0.3 is 0 Å². The van der Waals surface area contributed by atoms with Gasteiger partial charge in [0, 0.05) is 0 Å². The van der Waals surface area contributed by atoms with Crippen molar-refractivity contribution in [2.24, 2.45) is 0 Å². The average molecular weight is 256 g/mol. The van der Waals surface area contributed by atoms with Gasteiger partial charge in [0.25, 0.3) is 0 Å². The maximum atomic E-state index is 5.42. The summed E-state index contributed by atoms with van der Waals surface area (Å²) in [4.78, 5) is 0. The van der Waals surface area contributed by atoms with Crippen molar-refractivity contribution in [1.29, 1.82) is 0 Å². The molecule has 0 amide bonds. The zero-order valence-corrected chi connectivity index (χ0v) is 11.8. The molecule has 0 aliphatic carbocycles. The summed E-state index contributed by atoms with van der Waals surface area (Å²) in [6.07, 6.45) is 18.4. The van der Waals surface area contributed by atoms with Gasteiger partial charge in [0.05, 0.1) is 6.26 Å². The van der Waals surface area contributed by atoms with Gasteiger partial charge in [-0.05, 0) is 31.1 Å². The fourth-order valence-corrected chi connectivity index (χ4v) is 1.65. The SMILES string of the molecule is CCCCCCC=CC=CC=COc1ccccc1. The molecular formula is C18H24O. The molecule has 0 heterocycles. The number of rotatable bonds is 9. The number of hydrogen-bond acceptors (Lipinski definition) is 1. The lowest BCUT2D eigenvalue weighted by molar-refractivity contribution is 0.481. The van der Waals surface area contributed by atoms with E-state index >= 15 is 0 Å². The molecule has 1 aromatic carbocycles. The summed E-state index contributed by atoms with van der Waals surface area (Å²) in [7, 11) is 0. The lowest BCUT2D eigenvalue weighted by atomic mass is 10.1. The predicted molar refractivity (Wildman–Crippen MR) is 83.2 cm³/mol. The molecule has 0 aliphatic heterocycles. The first kappa shape index (κ1) is 15.3. The highest BCUT2D eigenvalue weighted by atomic mass is 16.5. The third-order valence-electron chi connectivity index (χ3n) is 2.72. The van der Waals surface area contributed by atoms with Crippen LogP contribution in [0.2, 0.25) is 0 Å². The summed E-state index contributed by atoms with van der Waals surface area (Å²) < 4.78 is 5.42. The van der Waals surface area contributed by atoms with Crippen LogP contribution in [0.25, 0.3) is 0 Å². The first-order valence-corrected chi connectivity index (χ1v) is 7.13. The topological polar surface area (TPSA) is 9.23 Å². The zero-order valence-electron chi connectivity index (χ0n) is 11.8. The Morgan fingerprint density at radius 2 is 1.68 bits per heavy atom. The highest BCUT2D eigenvalue weighted by molar-refractivity contribution is 5.22. The van der Waals surface area contributed by atoms with E-state index in [1.54, 1.807) is 6.26 Å². The molecule has 0 spiro atoms. The Bertz CT molecular complexity index is 387. The van der Waals surface area contributed by atoms with Crippen molar-refractivity contribution in [3.05, 3.63) is 67.0 Å². The highest BCUT2D eigenvalue weighted by Gasteiger charge is 1.84. The molecule has 0 N–H and O–H groups in total. The minimum atomic E-state index is 0.860. The van der Waals surface area contributed by atoms with Gasteiger partial charge in [0.1, 0.15) is 5.75 Å². The Hall–Kier alpha value is -1.76. The second kappa shape index (κ2) is 11.3. The first-order chi connectivity index (χ1) is 9.43.